The van der Waals surface area contributed by atoms with Gasteiger partial charge in [0.05, 0.1) is 12.2 Å². The van der Waals surface area contributed by atoms with E-state index in [1.165, 1.54) is 4.90 Å². The van der Waals surface area contributed by atoms with Gasteiger partial charge in [0, 0.05) is 12.6 Å². The Morgan fingerprint density at radius 3 is 2.53 bits per heavy atom. The number of amides is 1. The van der Waals surface area contributed by atoms with Crippen LogP contribution in [0.5, 0.6) is 0 Å². The summed E-state index contributed by atoms with van der Waals surface area (Å²) in [7, 11) is 7.07. The van der Waals surface area contributed by atoms with Crippen molar-refractivity contribution in [2.24, 2.45) is 0 Å². The van der Waals surface area contributed by atoms with Gasteiger partial charge in [-0.25, -0.2) is 4.79 Å². The first-order chi connectivity index (χ1) is 7.78. The predicted molar refractivity (Wildman–Crippen MR) is 65.1 cm³/mol. The highest BCUT2D eigenvalue weighted by Crippen LogP contribution is 2.10. The molecule has 0 atom stereocenters. The van der Waals surface area contributed by atoms with Crippen LogP contribution in [0, 0.1) is 0 Å². The molecule has 2 radical (unpaired) electrons. The zero-order chi connectivity index (χ0) is 13.1. The smallest absolute Gasteiger partial charge is 0.410 e. The first kappa shape index (κ1) is 13.5. The first-order valence-corrected chi connectivity index (χ1v) is 5.30. The SMILES string of the molecule is [B]c1ccc(CN(C)C(=O)OC(C)(C)C)nn1. The van der Waals surface area contributed by atoms with E-state index >= 15 is 0 Å². The number of nitrogens with zero attached hydrogens (tertiary/aromatic N) is 3. The van der Waals surface area contributed by atoms with Crippen LogP contribution in [0.25, 0.3) is 0 Å². The molecule has 1 aromatic heterocycles. The molecule has 1 amide bonds. The van der Waals surface area contributed by atoms with Gasteiger partial charge in [-0.1, -0.05) is 0 Å². The summed E-state index contributed by atoms with van der Waals surface area (Å²) in [5, 5.41) is 7.59. The number of rotatable bonds is 2. The molecule has 0 N–H and O–H groups in total. The van der Waals surface area contributed by atoms with Crippen LogP contribution in [0.2, 0.25) is 0 Å². The number of hydrogen-bond donors (Lipinski definition) is 0. The summed E-state index contributed by atoms with van der Waals surface area (Å²) < 4.78 is 5.21. The van der Waals surface area contributed by atoms with Gasteiger partial charge in [0.1, 0.15) is 13.4 Å². The van der Waals surface area contributed by atoms with Crippen LogP contribution in [0.3, 0.4) is 0 Å². The fourth-order valence-electron chi connectivity index (χ4n) is 1.10. The van der Waals surface area contributed by atoms with Gasteiger partial charge in [0.15, 0.2) is 0 Å². The number of carbonyl (C=O) groups excluding carboxylic acids is 1. The zero-order valence-electron chi connectivity index (χ0n) is 10.6. The molecule has 1 aromatic rings. The number of hydrogen-bond acceptors (Lipinski definition) is 4. The molecule has 5 nitrogen and oxygen atoms in total. The van der Waals surface area contributed by atoms with Crippen molar-refractivity contribution < 1.29 is 9.53 Å². The van der Waals surface area contributed by atoms with E-state index in [4.69, 9.17) is 12.6 Å². The molecule has 0 aromatic carbocycles. The molecular formula is C11H16BN3O2. The molecule has 17 heavy (non-hydrogen) atoms. The van der Waals surface area contributed by atoms with Gasteiger partial charge in [-0.15, -0.1) is 0 Å². The fourth-order valence-corrected chi connectivity index (χ4v) is 1.10. The molecule has 0 saturated heterocycles. The van der Waals surface area contributed by atoms with Gasteiger partial charge in [-0.05, 0) is 32.9 Å². The average Bonchev–Trinajstić information content (AvgIpc) is 2.19. The van der Waals surface area contributed by atoms with E-state index in [0.29, 0.717) is 17.8 Å². The number of carbonyl (C=O) groups is 1. The van der Waals surface area contributed by atoms with E-state index in [-0.39, 0.29) is 0 Å². The minimum Gasteiger partial charge on any atom is -0.444 e. The van der Waals surface area contributed by atoms with Gasteiger partial charge < -0.3 is 9.64 Å². The first-order valence-electron chi connectivity index (χ1n) is 5.30. The van der Waals surface area contributed by atoms with Gasteiger partial charge in [-0.3, -0.25) is 0 Å². The van der Waals surface area contributed by atoms with Crippen molar-refractivity contribution in [3.8, 4) is 0 Å². The molecule has 0 bridgehead atoms. The maximum Gasteiger partial charge on any atom is 0.410 e. The fraction of sp³-hybridized carbons (Fsp3) is 0.545. The second-order valence-electron chi connectivity index (χ2n) is 4.79. The van der Waals surface area contributed by atoms with Crippen LogP contribution in [-0.2, 0) is 11.3 Å². The summed E-state index contributed by atoms with van der Waals surface area (Å²) >= 11 is 0. The minimum atomic E-state index is -0.502. The van der Waals surface area contributed by atoms with Gasteiger partial charge >= 0.3 is 6.09 Å². The Bertz CT molecular complexity index is 387. The predicted octanol–water partition coefficient (Wildman–Crippen LogP) is 0.637. The molecule has 0 saturated carbocycles. The lowest BCUT2D eigenvalue weighted by atomic mass is 10.1. The highest BCUT2D eigenvalue weighted by molar-refractivity contribution is 6.30. The molecule has 1 rings (SSSR count). The lowest BCUT2D eigenvalue weighted by molar-refractivity contribution is 0.0283. The number of aromatic nitrogens is 2. The van der Waals surface area contributed by atoms with Crippen molar-refractivity contribution in [3.05, 3.63) is 17.8 Å². The van der Waals surface area contributed by atoms with E-state index in [1.54, 1.807) is 19.2 Å². The van der Waals surface area contributed by atoms with Crippen LogP contribution in [0.4, 0.5) is 4.79 Å². The monoisotopic (exact) mass is 233 g/mol. The molecule has 0 aliphatic carbocycles. The summed E-state index contributed by atoms with van der Waals surface area (Å²) in [6, 6.07) is 3.37. The number of ether oxygens (including phenoxy) is 1. The van der Waals surface area contributed by atoms with Crippen molar-refractivity contribution >= 4 is 19.5 Å². The summed E-state index contributed by atoms with van der Waals surface area (Å²) in [5.74, 6) is 0. The summed E-state index contributed by atoms with van der Waals surface area (Å²) in [6.45, 7) is 5.80. The Morgan fingerprint density at radius 2 is 2.06 bits per heavy atom. The van der Waals surface area contributed by atoms with Crippen molar-refractivity contribution in [1.82, 2.24) is 15.1 Å². The quantitative estimate of drug-likeness (QED) is 0.703. The van der Waals surface area contributed by atoms with Crippen LogP contribution in [0.15, 0.2) is 12.1 Å². The Labute approximate surface area is 103 Å². The molecule has 0 aliphatic rings. The molecule has 0 fully saturated rings. The van der Waals surface area contributed by atoms with Crippen LogP contribution in [0.1, 0.15) is 26.5 Å². The lowest BCUT2D eigenvalue weighted by Crippen LogP contribution is -2.34. The highest BCUT2D eigenvalue weighted by Gasteiger charge is 2.19. The third-order valence-corrected chi connectivity index (χ3v) is 1.84. The normalized spacial score (nSPS) is 11.1. The third kappa shape index (κ3) is 4.84. The maximum atomic E-state index is 11.7. The van der Waals surface area contributed by atoms with Crippen molar-refractivity contribution in [1.29, 1.82) is 0 Å². The molecule has 0 spiro atoms. The molecule has 1 heterocycles. The van der Waals surface area contributed by atoms with E-state index in [1.807, 2.05) is 20.8 Å². The minimum absolute atomic E-state index is 0.336. The summed E-state index contributed by atoms with van der Waals surface area (Å²) in [5.41, 5.74) is 0.513. The van der Waals surface area contributed by atoms with Gasteiger partial charge in [0.25, 0.3) is 0 Å². The molecule has 0 unspecified atom stereocenters. The van der Waals surface area contributed by atoms with Gasteiger partial charge in [0.2, 0.25) is 0 Å². The second kappa shape index (κ2) is 5.16. The van der Waals surface area contributed by atoms with E-state index in [0.717, 1.165) is 0 Å². The van der Waals surface area contributed by atoms with E-state index < -0.39 is 11.7 Å². The average molecular weight is 233 g/mol. The maximum absolute atomic E-state index is 11.7. The molecular weight excluding hydrogens is 217 g/mol. The molecule has 0 aliphatic heterocycles. The van der Waals surface area contributed by atoms with Crippen molar-refractivity contribution in [2.45, 2.75) is 32.9 Å². The van der Waals surface area contributed by atoms with Crippen molar-refractivity contribution in [3.63, 3.8) is 0 Å². The Kier molecular flexibility index (Phi) is 4.09. The van der Waals surface area contributed by atoms with E-state index in [9.17, 15) is 4.79 Å². The standard InChI is InChI=1S/C11H16BN3O2/c1-11(2,3)17-10(16)15(4)7-8-5-6-9(12)14-13-8/h5-6H,7H2,1-4H3. The van der Waals surface area contributed by atoms with Gasteiger partial charge in [-0.2, -0.15) is 10.2 Å². The second-order valence-corrected chi connectivity index (χ2v) is 4.79. The Morgan fingerprint density at radius 1 is 1.41 bits per heavy atom. The zero-order valence-corrected chi connectivity index (χ0v) is 10.6. The van der Waals surface area contributed by atoms with Crippen LogP contribution >= 0.6 is 0 Å². The Hall–Kier alpha value is -1.59. The third-order valence-electron chi connectivity index (χ3n) is 1.84. The summed E-state index contributed by atoms with van der Waals surface area (Å²) in [6.07, 6.45) is -0.392. The molecule has 90 valence electrons. The lowest BCUT2D eigenvalue weighted by Gasteiger charge is -2.24. The van der Waals surface area contributed by atoms with Crippen molar-refractivity contribution in [2.75, 3.05) is 7.05 Å². The largest absolute Gasteiger partial charge is 0.444 e. The van der Waals surface area contributed by atoms with Crippen LogP contribution in [-0.4, -0.2) is 41.7 Å². The summed E-state index contributed by atoms with van der Waals surface area (Å²) in [4.78, 5) is 13.1. The molecule has 6 heteroatoms. The van der Waals surface area contributed by atoms with Crippen LogP contribution < -0.4 is 5.59 Å². The topological polar surface area (TPSA) is 55.3 Å². The van der Waals surface area contributed by atoms with E-state index in [2.05, 4.69) is 10.2 Å². The Balaban J connectivity index is 2.57. The highest BCUT2D eigenvalue weighted by atomic mass is 16.6.